The van der Waals surface area contributed by atoms with Crippen molar-refractivity contribution in [2.45, 2.75) is 70.0 Å². The first-order valence-electron chi connectivity index (χ1n) is 13.2. The van der Waals surface area contributed by atoms with Crippen molar-refractivity contribution in [3.8, 4) is 6.01 Å². The van der Waals surface area contributed by atoms with Crippen LogP contribution >= 0.6 is 0 Å². The van der Waals surface area contributed by atoms with Crippen LogP contribution in [-0.4, -0.2) is 126 Å². The number of hydrazine groups is 2. The molecule has 1 aromatic heterocycles. The number of anilines is 2. The highest BCUT2D eigenvalue weighted by Gasteiger charge is 2.60. The lowest BCUT2D eigenvalue weighted by Crippen LogP contribution is -2.56. The summed E-state index contributed by atoms with van der Waals surface area (Å²) in [6.07, 6.45) is -2.28. The van der Waals surface area contributed by atoms with E-state index in [2.05, 4.69) is 25.8 Å². The molecular weight excluding hydrogens is 502 g/mol. The van der Waals surface area contributed by atoms with Gasteiger partial charge in [0.2, 0.25) is 11.9 Å². The van der Waals surface area contributed by atoms with Gasteiger partial charge in [0.25, 0.3) is 0 Å². The van der Waals surface area contributed by atoms with Crippen LogP contribution in [-0.2, 0) is 33.2 Å². The van der Waals surface area contributed by atoms with Crippen LogP contribution in [0.4, 0.5) is 11.9 Å². The predicted molar refractivity (Wildman–Crippen MR) is 130 cm³/mol. The second-order valence-electron chi connectivity index (χ2n) is 10.7. The molecule has 5 aliphatic heterocycles. The minimum Gasteiger partial charge on any atom is -0.460 e. The summed E-state index contributed by atoms with van der Waals surface area (Å²) >= 11 is 0. The molecule has 5 fully saturated rings. The molecule has 15 heteroatoms. The Bertz CT molecular complexity index is 937. The number of nitrogens with one attached hydrogen (secondary N) is 2. The quantitative estimate of drug-likeness (QED) is 0.478. The molecule has 0 spiro atoms. The van der Waals surface area contributed by atoms with Gasteiger partial charge in [-0.1, -0.05) is 0 Å². The lowest BCUT2D eigenvalue weighted by atomic mass is 9.99. The van der Waals surface area contributed by atoms with Crippen LogP contribution < -0.4 is 15.6 Å². The number of hydrogen-bond donors (Lipinski definition) is 2. The third-order valence-corrected chi connectivity index (χ3v) is 6.78. The fraction of sp³-hybridized carbons (Fsp3) is 0.870. The van der Waals surface area contributed by atoms with Crippen LogP contribution in [0.1, 0.15) is 27.7 Å². The van der Waals surface area contributed by atoms with Gasteiger partial charge in [0.15, 0.2) is 17.9 Å². The Balaban J connectivity index is 1.18. The molecule has 0 bridgehead atoms. The van der Waals surface area contributed by atoms with Gasteiger partial charge in [0, 0.05) is 26.2 Å². The summed E-state index contributed by atoms with van der Waals surface area (Å²) in [5, 5.41) is 4.00. The number of fused-ring (bicyclic) bond motifs is 3. The van der Waals surface area contributed by atoms with E-state index in [9.17, 15) is 0 Å². The number of nitrogens with zero attached hydrogens (tertiary/aromatic N) is 5. The molecule has 5 aliphatic rings. The van der Waals surface area contributed by atoms with Crippen molar-refractivity contribution >= 4 is 11.9 Å². The highest BCUT2D eigenvalue weighted by Crippen LogP contribution is 2.44. The van der Waals surface area contributed by atoms with Gasteiger partial charge in [0.1, 0.15) is 31.0 Å². The fourth-order valence-electron chi connectivity index (χ4n) is 5.14. The van der Waals surface area contributed by atoms with Gasteiger partial charge >= 0.3 is 6.01 Å². The molecule has 212 valence electrons. The highest BCUT2D eigenvalue weighted by molar-refractivity contribution is 5.34. The van der Waals surface area contributed by atoms with E-state index in [4.69, 9.17) is 37.9 Å². The molecule has 5 atom stereocenters. The Kier molecular flexibility index (Phi) is 7.30. The molecule has 0 radical (unpaired) electrons. The molecule has 0 amide bonds. The lowest BCUT2D eigenvalue weighted by molar-refractivity contribution is -0.238. The van der Waals surface area contributed by atoms with Gasteiger partial charge in [-0.15, -0.1) is 0 Å². The van der Waals surface area contributed by atoms with Crippen molar-refractivity contribution in [3.05, 3.63) is 0 Å². The van der Waals surface area contributed by atoms with E-state index in [0.29, 0.717) is 64.5 Å². The van der Waals surface area contributed by atoms with E-state index < -0.39 is 36.2 Å². The summed E-state index contributed by atoms with van der Waals surface area (Å²) in [5.41, 5.74) is 6.48. The number of rotatable bonds is 7. The molecule has 38 heavy (non-hydrogen) atoms. The van der Waals surface area contributed by atoms with Crippen molar-refractivity contribution < 1.29 is 37.9 Å². The molecule has 0 aliphatic carbocycles. The zero-order valence-electron chi connectivity index (χ0n) is 22.3. The van der Waals surface area contributed by atoms with Crippen LogP contribution in [0.3, 0.4) is 0 Å². The summed E-state index contributed by atoms with van der Waals surface area (Å²) in [6.45, 7) is 12.9. The Hall–Kier alpha value is -1.95. The van der Waals surface area contributed by atoms with Crippen molar-refractivity contribution in [1.29, 1.82) is 0 Å². The maximum absolute atomic E-state index is 6.25. The molecule has 5 saturated heterocycles. The first-order valence-corrected chi connectivity index (χ1v) is 13.2. The second-order valence-corrected chi connectivity index (χ2v) is 10.7. The fourth-order valence-corrected chi connectivity index (χ4v) is 5.14. The molecule has 0 saturated carbocycles. The average molecular weight is 540 g/mol. The summed E-state index contributed by atoms with van der Waals surface area (Å²) in [5.74, 6) is -0.850. The number of ether oxygens (including phenoxy) is 8. The van der Waals surface area contributed by atoms with E-state index in [1.54, 1.807) is 0 Å². The largest absolute Gasteiger partial charge is 0.460 e. The Labute approximate surface area is 221 Å². The Morgan fingerprint density at radius 2 is 1.26 bits per heavy atom. The van der Waals surface area contributed by atoms with E-state index in [1.807, 2.05) is 37.7 Å². The third-order valence-electron chi connectivity index (χ3n) is 6.78. The maximum atomic E-state index is 6.25. The summed E-state index contributed by atoms with van der Waals surface area (Å²) in [4.78, 5) is 13.6. The normalized spacial score (nSPS) is 34.9. The van der Waals surface area contributed by atoms with E-state index in [1.165, 1.54) is 0 Å². The first-order chi connectivity index (χ1) is 18.2. The summed E-state index contributed by atoms with van der Waals surface area (Å²) in [7, 11) is 0. The van der Waals surface area contributed by atoms with Crippen molar-refractivity contribution in [2.75, 3.05) is 70.1 Å². The van der Waals surface area contributed by atoms with Gasteiger partial charge in [-0.25, -0.2) is 10.0 Å². The van der Waals surface area contributed by atoms with Crippen LogP contribution in [0.5, 0.6) is 6.01 Å². The third kappa shape index (κ3) is 5.95. The van der Waals surface area contributed by atoms with Gasteiger partial charge in [-0.05, 0) is 27.7 Å². The summed E-state index contributed by atoms with van der Waals surface area (Å²) < 4.78 is 47.7. The van der Waals surface area contributed by atoms with Crippen LogP contribution in [0.15, 0.2) is 0 Å². The molecule has 2 N–H and O–H groups in total. The predicted octanol–water partition coefficient (Wildman–Crippen LogP) is -0.0349. The standard InChI is InChI=1S/C23H37N7O8/c1-22(2)35-15-14(34-18-17(16(15)36-22)37-23(3,4)38-18)13-33-21-25-19(27-29-5-9-31-10-6-29)24-20(26-21)28-30-7-11-32-12-8-30/h14-18H,5-13H2,1-4H3,(H2,24,25,26,27,28)/t14-,15+,16+,17-,18-/m1/s1. The molecule has 0 aromatic carbocycles. The molecule has 0 unspecified atom stereocenters. The van der Waals surface area contributed by atoms with Crippen LogP contribution in [0.25, 0.3) is 0 Å². The number of morpholine rings is 2. The van der Waals surface area contributed by atoms with Crippen LogP contribution in [0.2, 0.25) is 0 Å². The Morgan fingerprint density at radius 1 is 0.737 bits per heavy atom. The van der Waals surface area contributed by atoms with E-state index >= 15 is 0 Å². The van der Waals surface area contributed by atoms with Gasteiger partial charge < -0.3 is 37.9 Å². The Morgan fingerprint density at radius 3 is 1.87 bits per heavy atom. The molecular formula is C23H37N7O8. The molecule has 1 aromatic rings. The molecule has 6 heterocycles. The highest BCUT2D eigenvalue weighted by atomic mass is 16.9. The molecule has 15 nitrogen and oxygen atoms in total. The van der Waals surface area contributed by atoms with Gasteiger partial charge in [-0.2, -0.15) is 15.0 Å². The van der Waals surface area contributed by atoms with E-state index in [0.717, 1.165) is 0 Å². The average Bonchev–Trinajstić information content (AvgIpc) is 3.37. The summed E-state index contributed by atoms with van der Waals surface area (Å²) in [6, 6.07) is 0.149. The minimum atomic E-state index is -0.792. The topological polar surface area (TPSA) is 143 Å². The van der Waals surface area contributed by atoms with Crippen molar-refractivity contribution in [2.24, 2.45) is 0 Å². The monoisotopic (exact) mass is 539 g/mol. The molecule has 6 rings (SSSR count). The van der Waals surface area contributed by atoms with Gasteiger partial charge in [0.05, 0.1) is 26.4 Å². The van der Waals surface area contributed by atoms with Crippen molar-refractivity contribution in [1.82, 2.24) is 25.0 Å². The van der Waals surface area contributed by atoms with Crippen molar-refractivity contribution in [3.63, 3.8) is 0 Å². The SMILES string of the molecule is CC1(C)O[C@H]2[C@@H](O1)[C@@H](COc1nc(NN3CCOCC3)nc(NN3CCOCC3)n1)O[C@@H]1OC(C)(C)O[C@@H]12. The smallest absolute Gasteiger partial charge is 0.323 e. The number of hydrogen-bond acceptors (Lipinski definition) is 15. The van der Waals surface area contributed by atoms with E-state index in [-0.39, 0.29) is 18.7 Å². The zero-order chi connectivity index (χ0) is 26.3. The zero-order valence-corrected chi connectivity index (χ0v) is 22.3. The lowest BCUT2D eigenvalue weighted by Gasteiger charge is -2.36. The minimum absolute atomic E-state index is 0.117. The second kappa shape index (κ2) is 10.6. The maximum Gasteiger partial charge on any atom is 0.323 e. The number of aromatic nitrogens is 3. The van der Waals surface area contributed by atoms with Crippen LogP contribution in [0, 0.1) is 0 Å². The van der Waals surface area contributed by atoms with Gasteiger partial charge in [-0.3, -0.25) is 10.9 Å². The first kappa shape index (κ1) is 26.3.